The summed E-state index contributed by atoms with van der Waals surface area (Å²) in [6, 6.07) is 19.5. The number of hydrogen-bond acceptors (Lipinski definition) is 6. The van der Waals surface area contributed by atoms with Crippen LogP contribution in [0.5, 0.6) is 0 Å². The lowest BCUT2D eigenvalue weighted by Crippen LogP contribution is -2.48. The van der Waals surface area contributed by atoms with Gasteiger partial charge in [-0.2, -0.15) is 0 Å². The van der Waals surface area contributed by atoms with Crippen molar-refractivity contribution in [2.75, 3.05) is 11.1 Å². The lowest BCUT2D eigenvalue weighted by molar-refractivity contribution is -0.149. The summed E-state index contributed by atoms with van der Waals surface area (Å²) in [6.07, 6.45) is 2.98. The van der Waals surface area contributed by atoms with Crippen molar-refractivity contribution in [2.45, 2.75) is 59.0 Å². The Labute approximate surface area is 293 Å². The number of aliphatic carboxylic acids is 2. The zero-order valence-corrected chi connectivity index (χ0v) is 29.4. The number of carbonyl (C=O) groups excluding carboxylic acids is 1. The molecular formula is C38H41ClN4O7. The first-order valence-electron chi connectivity index (χ1n) is 16.1. The number of hydrogen-bond donors (Lipinski definition) is 4. The van der Waals surface area contributed by atoms with Gasteiger partial charge in [-0.15, -0.1) is 0 Å². The fourth-order valence-electron chi connectivity index (χ4n) is 5.79. The molecule has 0 aliphatic carbocycles. The Morgan fingerprint density at radius 2 is 1.36 bits per heavy atom. The molecule has 5 rings (SSSR count). The number of rotatable bonds is 9. The van der Waals surface area contributed by atoms with Gasteiger partial charge >= 0.3 is 11.9 Å². The molecule has 1 amide bonds. The first-order valence-corrected chi connectivity index (χ1v) is 16.4. The molecule has 0 radical (unpaired) electrons. The Bertz CT molecular complexity index is 2190. The van der Waals surface area contributed by atoms with Crippen LogP contribution >= 0.6 is 11.6 Å². The van der Waals surface area contributed by atoms with Gasteiger partial charge in [-0.1, -0.05) is 63.6 Å². The van der Waals surface area contributed by atoms with Crippen molar-refractivity contribution in [2.24, 2.45) is 11.8 Å². The van der Waals surface area contributed by atoms with Crippen LogP contribution in [0.1, 0.15) is 59.1 Å². The van der Waals surface area contributed by atoms with Crippen LogP contribution in [0.4, 0.5) is 11.4 Å². The van der Waals surface area contributed by atoms with Crippen LogP contribution in [-0.4, -0.2) is 37.2 Å². The topological polar surface area (TPSA) is 174 Å². The van der Waals surface area contributed by atoms with Crippen molar-refractivity contribution in [3.63, 3.8) is 0 Å². The van der Waals surface area contributed by atoms with Crippen molar-refractivity contribution in [1.82, 2.24) is 9.13 Å². The van der Waals surface area contributed by atoms with Crippen LogP contribution in [0, 0.1) is 11.8 Å². The molecule has 0 bridgehead atoms. The van der Waals surface area contributed by atoms with Crippen molar-refractivity contribution in [3.05, 3.63) is 116 Å². The molecule has 2 heterocycles. The van der Waals surface area contributed by atoms with Gasteiger partial charge in [-0.25, -0.2) is 9.59 Å². The number of nitrogen functional groups attached to an aromatic ring is 1. The number of nitrogens with one attached hydrogen (secondary N) is 1. The summed E-state index contributed by atoms with van der Waals surface area (Å²) in [7, 11) is 0. The Morgan fingerprint density at radius 1 is 0.780 bits per heavy atom. The Balaban J connectivity index is 0.000000244. The molecule has 0 aliphatic heterocycles. The second kappa shape index (κ2) is 15.0. The highest BCUT2D eigenvalue weighted by atomic mass is 35.5. The zero-order valence-electron chi connectivity index (χ0n) is 28.7. The van der Waals surface area contributed by atoms with Gasteiger partial charge in [0, 0.05) is 50.3 Å². The van der Waals surface area contributed by atoms with E-state index in [0.29, 0.717) is 37.9 Å². The minimum atomic E-state index is -1.30. The van der Waals surface area contributed by atoms with E-state index < -0.39 is 35.0 Å². The standard InChI is InChI=1S/C23H23ClN2O4.C15H18N2O3/c1-13(2)20(23(29)30)26-12-11-17-18(22(26)28)5-4-6-19(17)25-21(27)14(3)15-7-9-16(24)10-8-15;1-9(2)15(3,14(19)20)17-8-7-10-11(13(17)18)5-4-6-12(10)16/h4-14,20H,1-3H3,(H,25,27)(H,29,30);4-9H,16H2,1-3H3,(H,19,20)/t14-,20?;15-/m01/s1. The summed E-state index contributed by atoms with van der Waals surface area (Å²) < 4.78 is 2.51. The first-order chi connectivity index (χ1) is 23.5. The first kappa shape index (κ1) is 37.4. The maximum atomic E-state index is 13.0. The number of halogens is 1. The second-order valence-electron chi connectivity index (χ2n) is 13.0. The molecule has 5 N–H and O–H groups in total. The third-order valence-electron chi connectivity index (χ3n) is 9.22. The van der Waals surface area contributed by atoms with E-state index in [1.54, 1.807) is 114 Å². The fourth-order valence-corrected chi connectivity index (χ4v) is 5.91. The number of aromatic nitrogens is 2. The van der Waals surface area contributed by atoms with E-state index in [0.717, 1.165) is 5.56 Å². The Morgan fingerprint density at radius 3 is 1.92 bits per heavy atom. The van der Waals surface area contributed by atoms with Gasteiger partial charge in [0.15, 0.2) is 0 Å². The lowest BCUT2D eigenvalue weighted by atomic mass is 9.87. The number of carbonyl (C=O) groups is 3. The summed E-state index contributed by atoms with van der Waals surface area (Å²) in [6.45, 7) is 10.4. The molecular weight excluding hydrogens is 660 g/mol. The van der Waals surface area contributed by atoms with E-state index in [-0.39, 0.29) is 23.3 Å². The summed E-state index contributed by atoms with van der Waals surface area (Å²) in [5.74, 6) is -3.24. The summed E-state index contributed by atoms with van der Waals surface area (Å²) in [5, 5.41) is 24.5. The zero-order chi connectivity index (χ0) is 37.1. The monoisotopic (exact) mass is 700 g/mol. The van der Waals surface area contributed by atoms with Crippen molar-refractivity contribution >= 4 is 62.4 Å². The third-order valence-corrected chi connectivity index (χ3v) is 9.47. The maximum absolute atomic E-state index is 13.0. The van der Waals surface area contributed by atoms with Crippen molar-refractivity contribution in [1.29, 1.82) is 0 Å². The average Bonchev–Trinajstić information content (AvgIpc) is 3.06. The molecule has 3 aromatic carbocycles. The Kier molecular flexibility index (Phi) is 11.2. The highest BCUT2D eigenvalue weighted by Gasteiger charge is 2.39. The number of benzene rings is 3. The molecule has 0 saturated heterocycles. The second-order valence-corrected chi connectivity index (χ2v) is 13.4. The number of anilines is 2. The third kappa shape index (κ3) is 7.28. The lowest BCUT2D eigenvalue weighted by Gasteiger charge is -2.31. The number of carboxylic acids is 2. The van der Waals surface area contributed by atoms with E-state index in [2.05, 4.69) is 5.32 Å². The largest absolute Gasteiger partial charge is 0.480 e. The number of nitrogens with two attached hydrogens (primary N) is 1. The van der Waals surface area contributed by atoms with Crippen LogP contribution in [0.3, 0.4) is 0 Å². The van der Waals surface area contributed by atoms with E-state index in [4.69, 9.17) is 17.3 Å². The molecule has 0 saturated carbocycles. The predicted molar refractivity (Wildman–Crippen MR) is 197 cm³/mol. The van der Waals surface area contributed by atoms with Gasteiger partial charge in [0.2, 0.25) is 5.91 Å². The van der Waals surface area contributed by atoms with Crippen LogP contribution in [0.15, 0.2) is 94.8 Å². The van der Waals surface area contributed by atoms with Gasteiger partial charge < -0.3 is 25.8 Å². The molecule has 5 aromatic rings. The van der Waals surface area contributed by atoms with Crippen LogP contribution in [0.25, 0.3) is 21.5 Å². The number of nitrogens with zero attached hydrogens (tertiary/aromatic N) is 2. The molecule has 0 spiro atoms. The van der Waals surface area contributed by atoms with E-state index in [1.807, 2.05) is 0 Å². The molecule has 11 nitrogen and oxygen atoms in total. The van der Waals surface area contributed by atoms with Gasteiger partial charge in [-0.3, -0.25) is 19.0 Å². The van der Waals surface area contributed by atoms with Crippen molar-refractivity contribution in [3.8, 4) is 0 Å². The molecule has 262 valence electrons. The molecule has 1 unspecified atom stereocenters. The van der Waals surface area contributed by atoms with E-state index >= 15 is 0 Å². The van der Waals surface area contributed by atoms with Crippen LogP contribution in [-0.2, 0) is 19.9 Å². The quantitative estimate of drug-likeness (QED) is 0.123. The van der Waals surface area contributed by atoms with Gasteiger partial charge in [0.05, 0.1) is 5.92 Å². The highest BCUT2D eigenvalue weighted by Crippen LogP contribution is 2.28. The predicted octanol–water partition coefficient (Wildman–Crippen LogP) is 6.72. The summed E-state index contributed by atoms with van der Waals surface area (Å²) in [4.78, 5) is 61.6. The minimum Gasteiger partial charge on any atom is -0.480 e. The molecule has 2 aromatic heterocycles. The summed E-state index contributed by atoms with van der Waals surface area (Å²) in [5.41, 5.74) is 5.62. The van der Waals surface area contributed by atoms with Gasteiger partial charge in [0.1, 0.15) is 11.6 Å². The van der Waals surface area contributed by atoms with E-state index in [9.17, 15) is 34.2 Å². The van der Waals surface area contributed by atoms with E-state index in [1.165, 1.54) is 21.5 Å². The average molecular weight is 701 g/mol. The normalized spacial score (nSPS) is 13.7. The SMILES string of the molecule is CC(C)C(C(=O)O)n1ccc2c(NC(=O)[C@@H](C)c3ccc(Cl)cc3)cccc2c1=O.CC(C)[C@](C)(C(=O)O)n1ccc2c(N)cccc2c1=O. The number of fused-ring (bicyclic) bond motifs is 2. The number of carboxylic acid groups (broad SMARTS) is 2. The number of pyridine rings is 2. The van der Waals surface area contributed by atoms with Crippen LogP contribution < -0.4 is 22.2 Å². The fraction of sp³-hybridized carbons (Fsp3) is 0.289. The summed E-state index contributed by atoms with van der Waals surface area (Å²) >= 11 is 5.91. The molecule has 3 atom stereocenters. The number of amides is 1. The van der Waals surface area contributed by atoms with Crippen LogP contribution in [0.2, 0.25) is 5.02 Å². The molecule has 50 heavy (non-hydrogen) atoms. The highest BCUT2D eigenvalue weighted by molar-refractivity contribution is 6.30. The van der Waals surface area contributed by atoms with Crippen molar-refractivity contribution < 1.29 is 24.6 Å². The molecule has 0 aliphatic rings. The Hall–Kier alpha value is -5.42. The molecule has 12 heteroatoms. The van der Waals surface area contributed by atoms with Gasteiger partial charge in [0.25, 0.3) is 11.1 Å². The van der Waals surface area contributed by atoms with Gasteiger partial charge in [-0.05, 0) is 79.8 Å². The molecule has 0 fully saturated rings. The minimum absolute atomic E-state index is 0.223. The maximum Gasteiger partial charge on any atom is 0.329 e. The smallest absolute Gasteiger partial charge is 0.329 e.